The van der Waals surface area contributed by atoms with Gasteiger partial charge in [0.05, 0.1) is 22.9 Å². The van der Waals surface area contributed by atoms with Crippen LogP contribution in [0.2, 0.25) is 5.02 Å². The topological polar surface area (TPSA) is 64.3 Å². The molecule has 0 fully saturated rings. The first-order valence-corrected chi connectivity index (χ1v) is 6.99. The Labute approximate surface area is 128 Å². The Balaban J connectivity index is 2.29. The van der Waals surface area contributed by atoms with Gasteiger partial charge in [-0.15, -0.1) is 0 Å². The van der Waals surface area contributed by atoms with Crippen LogP contribution in [0.4, 0.5) is 11.4 Å². The normalized spacial score (nSPS) is 10.2. The first-order chi connectivity index (χ1) is 10.0. The van der Waals surface area contributed by atoms with Crippen molar-refractivity contribution >= 4 is 28.9 Å². The number of anilines is 2. The Bertz CT molecular complexity index is 671. The lowest BCUT2D eigenvalue weighted by molar-refractivity contribution is 0.102. The molecule has 1 amide bonds. The molecule has 4 nitrogen and oxygen atoms in total. The second-order valence-electron chi connectivity index (χ2n) is 4.63. The second-order valence-corrected chi connectivity index (χ2v) is 5.03. The van der Waals surface area contributed by atoms with Gasteiger partial charge in [0.1, 0.15) is 5.75 Å². The number of hydrogen-bond acceptors (Lipinski definition) is 3. The molecule has 0 bridgehead atoms. The van der Waals surface area contributed by atoms with E-state index in [0.717, 1.165) is 5.56 Å². The number of carbonyl (C=O) groups excluding carboxylic acids is 1. The molecule has 0 saturated heterocycles. The molecule has 0 aromatic heterocycles. The first-order valence-electron chi connectivity index (χ1n) is 6.61. The van der Waals surface area contributed by atoms with Gasteiger partial charge in [0.25, 0.3) is 5.91 Å². The van der Waals surface area contributed by atoms with Crippen molar-refractivity contribution in [3.8, 4) is 5.75 Å². The molecule has 0 unspecified atom stereocenters. The van der Waals surface area contributed by atoms with Crippen molar-refractivity contribution in [1.82, 2.24) is 0 Å². The van der Waals surface area contributed by atoms with Crippen LogP contribution in [-0.4, -0.2) is 12.5 Å². The summed E-state index contributed by atoms with van der Waals surface area (Å²) >= 11 is 6.04. The molecule has 0 atom stereocenters. The average Bonchev–Trinajstić information content (AvgIpc) is 2.44. The van der Waals surface area contributed by atoms with Crippen molar-refractivity contribution in [2.45, 2.75) is 13.8 Å². The van der Waals surface area contributed by atoms with Crippen LogP contribution >= 0.6 is 11.6 Å². The van der Waals surface area contributed by atoms with Gasteiger partial charge in [-0.2, -0.15) is 0 Å². The van der Waals surface area contributed by atoms with Crippen LogP contribution < -0.4 is 15.8 Å². The number of nitrogens with two attached hydrogens (primary N) is 1. The number of rotatable bonds is 4. The first kappa shape index (κ1) is 15.2. The number of nitrogen functional groups attached to an aromatic ring is 1. The summed E-state index contributed by atoms with van der Waals surface area (Å²) in [5, 5.41) is 3.16. The highest BCUT2D eigenvalue weighted by Crippen LogP contribution is 2.27. The zero-order valence-corrected chi connectivity index (χ0v) is 12.7. The van der Waals surface area contributed by atoms with E-state index in [-0.39, 0.29) is 5.91 Å². The molecule has 0 aliphatic heterocycles. The molecule has 0 aliphatic rings. The van der Waals surface area contributed by atoms with Crippen LogP contribution in [0.5, 0.6) is 5.75 Å². The summed E-state index contributed by atoms with van der Waals surface area (Å²) in [6.45, 7) is 4.37. The van der Waals surface area contributed by atoms with Crippen molar-refractivity contribution in [3.05, 3.63) is 52.5 Å². The van der Waals surface area contributed by atoms with Crippen molar-refractivity contribution in [2.75, 3.05) is 17.7 Å². The summed E-state index contributed by atoms with van der Waals surface area (Å²) in [6.07, 6.45) is 0. The molecular formula is C16H17ClN2O2. The lowest BCUT2D eigenvalue weighted by Crippen LogP contribution is -2.14. The Morgan fingerprint density at radius 3 is 2.76 bits per heavy atom. The minimum absolute atomic E-state index is 0.322. The minimum Gasteiger partial charge on any atom is -0.492 e. The Hall–Kier alpha value is -2.20. The number of ether oxygens (including phenoxy) is 1. The summed E-state index contributed by atoms with van der Waals surface area (Å²) < 4.78 is 5.54. The molecule has 0 heterocycles. The summed E-state index contributed by atoms with van der Waals surface area (Å²) in [5.74, 6) is 0.308. The number of hydrogen-bond donors (Lipinski definition) is 2. The lowest BCUT2D eigenvalue weighted by atomic mass is 10.1. The summed E-state index contributed by atoms with van der Waals surface area (Å²) in [5.41, 5.74) is 8.17. The quantitative estimate of drug-likeness (QED) is 0.842. The maximum atomic E-state index is 12.3. The van der Waals surface area contributed by atoms with Gasteiger partial charge in [0.15, 0.2) is 0 Å². The number of benzene rings is 2. The maximum Gasteiger partial charge on any atom is 0.257 e. The third-order valence-electron chi connectivity index (χ3n) is 2.92. The molecular weight excluding hydrogens is 288 g/mol. The van der Waals surface area contributed by atoms with Gasteiger partial charge in [-0.3, -0.25) is 4.79 Å². The zero-order valence-electron chi connectivity index (χ0n) is 11.9. The Kier molecular flexibility index (Phi) is 4.70. The number of amides is 1. The molecule has 0 radical (unpaired) electrons. The minimum atomic E-state index is -0.322. The largest absolute Gasteiger partial charge is 0.492 e. The van der Waals surface area contributed by atoms with Crippen LogP contribution in [0.15, 0.2) is 36.4 Å². The van der Waals surface area contributed by atoms with Gasteiger partial charge in [0.2, 0.25) is 0 Å². The third-order valence-corrected chi connectivity index (χ3v) is 3.25. The van der Waals surface area contributed by atoms with Crippen molar-refractivity contribution < 1.29 is 9.53 Å². The van der Waals surface area contributed by atoms with Crippen LogP contribution in [-0.2, 0) is 0 Å². The second kappa shape index (κ2) is 6.50. The van der Waals surface area contributed by atoms with Crippen LogP contribution in [0.3, 0.4) is 0 Å². The van der Waals surface area contributed by atoms with Crippen LogP contribution in [0.1, 0.15) is 22.8 Å². The highest BCUT2D eigenvalue weighted by atomic mass is 35.5. The Morgan fingerprint density at radius 2 is 2.05 bits per heavy atom. The number of carbonyl (C=O) groups is 1. The van der Waals surface area contributed by atoms with E-state index in [4.69, 9.17) is 22.1 Å². The fourth-order valence-corrected chi connectivity index (χ4v) is 2.12. The summed E-state index contributed by atoms with van der Waals surface area (Å²) in [4.78, 5) is 12.3. The fourth-order valence-electron chi connectivity index (χ4n) is 1.91. The predicted molar refractivity (Wildman–Crippen MR) is 86.2 cm³/mol. The monoisotopic (exact) mass is 304 g/mol. The van der Waals surface area contributed by atoms with Gasteiger partial charge in [-0.1, -0.05) is 17.7 Å². The van der Waals surface area contributed by atoms with Gasteiger partial charge >= 0.3 is 0 Å². The van der Waals surface area contributed by atoms with E-state index >= 15 is 0 Å². The lowest BCUT2D eigenvalue weighted by Gasteiger charge is -2.13. The molecule has 2 aromatic rings. The van der Waals surface area contributed by atoms with Crippen molar-refractivity contribution in [2.24, 2.45) is 0 Å². The van der Waals surface area contributed by atoms with E-state index in [1.807, 2.05) is 26.0 Å². The van der Waals surface area contributed by atoms with Crippen molar-refractivity contribution in [1.29, 1.82) is 0 Å². The number of halogens is 1. The predicted octanol–water partition coefficient (Wildman–Crippen LogP) is 3.88. The molecule has 0 spiro atoms. The zero-order chi connectivity index (χ0) is 15.4. The molecule has 0 saturated carbocycles. The molecule has 110 valence electrons. The SMILES string of the molecule is CCOc1cc(C)ccc1NC(=O)c1cc(N)ccc1Cl. The van der Waals surface area contributed by atoms with Crippen LogP contribution in [0, 0.1) is 6.92 Å². The third kappa shape index (κ3) is 3.67. The maximum absolute atomic E-state index is 12.3. The average molecular weight is 305 g/mol. The van der Waals surface area contributed by atoms with E-state index < -0.39 is 0 Å². The van der Waals surface area contributed by atoms with Gasteiger partial charge in [-0.25, -0.2) is 0 Å². The summed E-state index contributed by atoms with van der Waals surface area (Å²) in [7, 11) is 0. The van der Waals surface area contributed by atoms with E-state index in [2.05, 4.69) is 5.32 Å². The van der Waals surface area contributed by atoms with E-state index in [1.165, 1.54) is 0 Å². The standard InChI is InChI=1S/C16H17ClN2O2/c1-3-21-15-8-10(2)4-7-14(15)19-16(20)12-9-11(18)5-6-13(12)17/h4-9H,3,18H2,1-2H3,(H,19,20). The smallest absolute Gasteiger partial charge is 0.257 e. The highest BCUT2D eigenvalue weighted by Gasteiger charge is 2.13. The molecule has 0 aliphatic carbocycles. The van der Waals surface area contributed by atoms with Gasteiger partial charge in [-0.05, 0) is 49.7 Å². The van der Waals surface area contributed by atoms with E-state index in [0.29, 0.717) is 34.3 Å². The number of aryl methyl sites for hydroxylation is 1. The van der Waals surface area contributed by atoms with Gasteiger partial charge < -0.3 is 15.8 Å². The fraction of sp³-hybridized carbons (Fsp3) is 0.188. The Morgan fingerprint density at radius 1 is 1.29 bits per heavy atom. The van der Waals surface area contributed by atoms with Crippen molar-refractivity contribution in [3.63, 3.8) is 0 Å². The molecule has 2 aromatic carbocycles. The highest BCUT2D eigenvalue weighted by molar-refractivity contribution is 6.34. The van der Waals surface area contributed by atoms with Gasteiger partial charge in [0, 0.05) is 5.69 Å². The summed E-state index contributed by atoms with van der Waals surface area (Å²) in [6, 6.07) is 10.4. The molecule has 21 heavy (non-hydrogen) atoms. The molecule has 5 heteroatoms. The van der Waals surface area contributed by atoms with E-state index in [9.17, 15) is 4.79 Å². The molecule has 3 N–H and O–H groups in total. The van der Waals surface area contributed by atoms with E-state index in [1.54, 1.807) is 24.3 Å². The molecule has 2 rings (SSSR count). The number of nitrogens with one attached hydrogen (secondary N) is 1. The van der Waals surface area contributed by atoms with Crippen LogP contribution in [0.25, 0.3) is 0 Å².